The Bertz CT molecular complexity index is 350. The summed E-state index contributed by atoms with van der Waals surface area (Å²) in [6.07, 6.45) is 3.92. The zero-order valence-electron chi connectivity index (χ0n) is 9.06. The largest absolute Gasteiger partial charge is 0.457 e. The van der Waals surface area contributed by atoms with Gasteiger partial charge in [0.15, 0.2) is 0 Å². The predicted octanol–water partition coefficient (Wildman–Crippen LogP) is 3.39. The lowest BCUT2D eigenvalue weighted by Gasteiger charge is -2.26. The third-order valence-electron chi connectivity index (χ3n) is 2.89. The first-order valence-electron chi connectivity index (χ1n) is 5.67. The Kier molecular flexibility index (Phi) is 3.83. The van der Waals surface area contributed by atoms with Crippen LogP contribution in [0.2, 0.25) is 0 Å². The van der Waals surface area contributed by atoms with Crippen molar-refractivity contribution in [2.24, 2.45) is 0 Å². The van der Waals surface area contributed by atoms with Crippen molar-refractivity contribution in [1.82, 2.24) is 0 Å². The van der Waals surface area contributed by atoms with Crippen molar-refractivity contribution in [2.75, 3.05) is 0 Å². The van der Waals surface area contributed by atoms with Gasteiger partial charge in [-0.15, -0.1) is 11.6 Å². The van der Waals surface area contributed by atoms with Crippen LogP contribution in [0.4, 0.5) is 0 Å². The maximum atomic E-state index is 11.8. The van der Waals surface area contributed by atoms with Gasteiger partial charge in [0.2, 0.25) is 0 Å². The number of esters is 1. The number of hydrogen-bond acceptors (Lipinski definition) is 2. The lowest BCUT2D eigenvalue weighted by atomic mass is 9.97. The lowest BCUT2D eigenvalue weighted by molar-refractivity contribution is 0.0223. The number of hydrogen-bond donors (Lipinski definition) is 0. The SMILES string of the molecule is O=C(OC1CCCCC1Cl)c1ccccc1. The Balaban J connectivity index is 1.96. The van der Waals surface area contributed by atoms with E-state index in [1.807, 2.05) is 18.2 Å². The van der Waals surface area contributed by atoms with E-state index in [2.05, 4.69) is 0 Å². The highest BCUT2D eigenvalue weighted by atomic mass is 35.5. The molecule has 0 aromatic heterocycles. The Morgan fingerprint density at radius 3 is 2.56 bits per heavy atom. The first-order valence-corrected chi connectivity index (χ1v) is 6.11. The molecule has 2 unspecified atom stereocenters. The summed E-state index contributed by atoms with van der Waals surface area (Å²) in [7, 11) is 0. The van der Waals surface area contributed by atoms with Gasteiger partial charge in [0, 0.05) is 0 Å². The van der Waals surface area contributed by atoms with Crippen LogP contribution in [0.1, 0.15) is 36.0 Å². The maximum absolute atomic E-state index is 11.8. The first kappa shape index (κ1) is 11.5. The summed E-state index contributed by atoms with van der Waals surface area (Å²) in [6, 6.07) is 9.05. The molecule has 2 rings (SSSR count). The van der Waals surface area contributed by atoms with Crippen LogP contribution in [-0.2, 0) is 4.74 Å². The molecule has 0 bridgehead atoms. The molecule has 0 radical (unpaired) electrons. The van der Waals surface area contributed by atoms with E-state index >= 15 is 0 Å². The fraction of sp³-hybridized carbons (Fsp3) is 0.462. The molecule has 0 N–H and O–H groups in total. The number of rotatable bonds is 2. The van der Waals surface area contributed by atoms with Crippen molar-refractivity contribution in [3.05, 3.63) is 35.9 Å². The van der Waals surface area contributed by atoms with Crippen LogP contribution >= 0.6 is 11.6 Å². The van der Waals surface area contributed by atoms with E-state index in [0.29, 0.717) is 5.56 Å². The average molecular weight is 239 g/mol. The van der Waals surface area contributed by atoms with Crippen molar-refractivity contribution < 1.29 is 9.53 Å². The van der Waals surface area contributed by atoms with Gasteiger partial charge < -0.3 is 4.74 Å². The first-order chi connectivity index (χ1) is 7.77. The summed E-state index contributed by atoms with van der Waals surface area (Å²) in [5.41, 5.74) is 0.594. The number of benzene rings is 1. The second-order valence-electron chi connectivity index (χ2n) is 4.11. The summed E-state index contributed by atoms with van der Waals surface area (Å²) in [4.78, 5) is 11.8. The van der Waals surface area contributed by atoms with Gasteiger partial charge in [-0.3, -0.25) is 0 Å². The second-order valence-corrected chi connectivity index (χ2v) is 4.67. The van der Waals surface area contributed by atoms with Crippen LogP contribution in [0.15, 0.2) is 30.3 Å². The number of carbonyl (C=O) groups is 1. The molecule has 0 saturated heterocycles. The minimum atomic E-state index is -0.266. The van der Waals surface area contributed by atoms with Crippen LogP contribution in [0, 0.1) is 0 Å². The molecular weight excluding hydrogens is 224 g/mol. The summed E-state index contributed by atoms with van der Waals surface area (Å²) < 4.78 is 5.42. The van der Waals surface area contributed by atoms with Gasteiger partial charge in [-0.1, -0.05) is 24.6 Å². The van der Waals surface area contributed by atoms with E-state index in [0.717, 1.165) is 25.7 Å². The van der Waals surface area contributed by atoms with Crippen molar-refractivity contribution in [2.45, 2.75) is 37.2 Å². The number of carbonyl (C=O) groups excluding carboxylic acids is 1. The molecule has 86 valence electrons. The van der Waals surface area contributed by atoms with Gasteiger partial charge in [-0.05, 0) is 31.4 Å². The summed E-state index contributed by atoms with van der Waals surface area (Å²) in [5.74, 6) is -0.266. The topological polar surface area (TPSA) is 26.3 Å². The monoisotopic (exact) mass is 238 g/mol. The predicted molar refractivity (Wildman–Crippen MR) is 63.8 cm³/mol. The standard InChI is InChI=1S/C13H15ClO2/c14-11-8-4-5-9-12(11)16-13(15)10-6-2-1-3-7-10/h1-3,6-7,11-12H,4-5,8-9H2. The van der Waals surface area contributed by atoms with E-state index < -0.39 is 0 Å². The third-order valence-corrected chi connectivity index (χ3v) is 3.39. The molecule has 1 fully saturated rings. The fourth-order valence-corrected chi connectivity index (χ4v) is 2.30. The van der Waals surface area contributed by atoms with Gasteiger partial charge >= 0.3 is 5.97 Å². The zero-order valence-corrected chi connectivity index (χ0v) is 9.82. The summed E-state index contributed by atoms with van der Waals surface area (Å²) in [5, 5.41) is -0.0265. The number of halogens is 1. The van der Waals surface area contributed by atoms with Crippen LogP contribution < -0.4 is 0 Å². The van der Waals surface area contributed by atoms with E-state index in [9.17, 15) is 4.79 Å². The highest BCUT2D eigenvalue weighted by molar-refractivity contribution is 6.21. The molecule has 2 nitrogen and oxygen atoms in total. The Morgan fingerprint density at radius 1 is 1.19 bits per heavy atom. The van der Waals surface area contributed by atoms with Crippen LogP contribution in [0.3, 0.4) is 0 Å². The molecule has 16 heavy (non-hydrogen) atoms. The molecule has 1 aromatic rings. The maximum Gasteiger partial charge on any atom is 0.338 e. The highest BCUT2D eigenvalue weighted by Gasteiger charge is 2.26. The number of ether oxygens (including phenoxy) is 1. The highest BCUT2D eigenvalue weighted by Crippen LogP contribution is 2.26. The Morgan fingerprint density at radius 2 is 1.88 bits per heavy atom. The molecular formula is C13H15ClO2. The van der Waals surface area contributed by atoms with E-state index in [4.69, 9.17) is 16.3 Å². The summed E-state index contributed by atoms with van der Waals surface area (Å²) in [6.45, 7) is 0. The van der Waals surface area contributed by atoms with Gasteiger partial charge in [0.05, 0.1) is 10.9 Å². The van der Waals surface area contributed by atoms with E-state index in [1.54, 1.807) is 12.1 Å². The van der Waals surface area contributed by atoms with Crippen LogP contribution in [0.5, 0.6) is 0 Å². The van der Waals surface area contributed by atoms with Gasteiger partial charge in [-0.25, -0.2) is 4.79 Å². The van der Waals surface area contributed by atoms with Crippen molar-refractivity contribution in [3.8, 4) is 0 Å². The second kappa shape index (κ2) is 5.35. The molecule has 1 aromatic carbocycles. The average Bonchev–Trinajstić information content (AvgIpc) is 2.33. The molecule has 1 aliphatic rings. The third kappa shape index (κ3) is 2.76. The van der Waals surface area contributed by atoms with Crippen molar-refractivity contribution >= 4 is 17.6 Å². The van der Waals surface area contributed by atoms with E-state index in [1.165, 1.54) is 0 Å². The fourth-order valence-electron chi connectivity index (χ4n) is 1.96. The normalized spacial score (nSPS) is 25.1. The van der Waals surface area contributed by atoms with Crippen LogP contribution in [-0.4, -0.2) is 17.5 Å². The van der Waals surface area contributed by atoms with E-state index in [-0.39, 0.29) is 17.5 Å². The quantitative estimate of drug-likeness (QED) is 0.583. The zero-order chi connectivity index (χ0) is 11.4. The molecule has 0 aliphatic heterocycles. The van der Waals surface area contributed by atoms with Gasteiger partial charge in [0.25, 0.3) is 0 Å². The molecule has 1 saturated carbocycles. The molecule has 0 spiro atoms. The van der Waals surface area contributed by atoms with Crippen molar-refractivity contribution in [3.63, 3.8) is 0 Å². The Labute approximate surface area is 101 Å². The minimum absolute atomic E-state index is 0.0265. The lowest BCUT2D eigenvalue weighted by Crippen LogP contribution is -2.30. The number of alkyl halides is 1. The molecule has 2 atom stereocenters. The minimum Gasteiger partial charge on any atom is -0.457 e. The molecule has 3 heteroatoms. The molecule has 0 heterocycles. The molecule has 0 amide bonds. The smallest absolute Gasteiger partial charge is 0.338 e. The Hall–Kier alpha value is -1.02. The van der Waals surface area contributed by atoms with Gasteiger partial charge in [-0.2, -0.15) is 0 Å². The molecule has 1 aliphatic carbocycles. The van der Waals surface area contributed by atoms with Gasteiger partial charge in [0.1, 0.15) is 6.10 Å². The summed E-state index contributed by atoms with van der Waals surface area (Å²) >= 11 is 6.14. The van der Waals surface area contributed by atoms with Crippen LogP contribution in [0.25, 0.3) is 0 Å². The van der Waals surface area contributed by atoms with Crippen molar-refractivity contribution in [1.29, 1.82) is 0 Å².